The second-order valence-corrected chi connectivity index (χ2v) is 9.24. The number of nitrogens with one attached hydrogen (secondary N) is 1. The minimum absolute atomic E-state index is 0.0156. The first kappa shape index (κ1) is 25.5. The zero-order valence-electron chi connectivity index (χ0n) is 20.2. The minimum Gasteiger partial charge on any atom is -0.489 e. The number of carbonyl (C=O) groups excluding carboxylic acids is 1. The lowest BCUT2D eigenvalue weighted by Gasteiger charge is -2.23. The van der Waals surface area contributed by atoms with Gasteiger partial charge in [0.2, 0.25) is 5.91 Å². The topological polar surface area (TPSA) is 93.5 Å². The fourth-order valence-corrected chi connectivity index (χ4v) is 4.54. The van der Waals surface area contributed by atoms with E-state index in [1.165, 1.54) is 12.1 Å². The second-order valence-electron chi connectivity index (χ2n) is 9.24. The third-order valence-corrected chi connectivity index (χ3v) is 6.58. The molecule has 7 nitrogen and oxygen atoms in total. The molecule has 1 aliphatic carbocycles. The van der Waals surface area contributed by atoms with Gasteiger partial charge in [-0.05, 0) is 65.4 Å². The van der Waals surface area contributed by atoms with Gasteiger partial charge in [0, 0.05) is 25.0 Å². The van der Waals surface area contributed by atoms with E-state index in [2.05, 4.69) is 21.1 Å². The Morgan fingerprint density at radius 2 is 1.79 bits per heavy atom. The molecule has 1 amide bonds. The van der Waals surface area contributed by atoms with Crippen molar-refractivity contribution in [3.63, 3.8) is 0 Å². The standard InChI is InChI=1S/C28H24F3N3O4/c29-28(30,31)38-22-4-1-17(2-5-22)23-15-24(23)27(35)34-26-14-19(7-10-33-26)18-3-6-25(20(13-18)16-32)37-21-8-11-36-12-9-21/h1-7,10,13-14,21,23-24H,8-9,11-12,15H2,(H,33,34,35)/t23-,24+/m0/s1. The number of pyridine rings is 1. The summed E-state index contributed by atoms with van der Waals surface area (Å²) < 4.78 is 52.4. The van der Waals surface area contributed by atoms with E-state index in [1.54, 1.807) is 42.6 Å². The van der Waals surface area contributed by atoms with Crippen LogP contribution in [0.3, 0.4) is 0 Å². The van der Waals surface area contributed by atoms with Crippen LogP contribution in [-0.4, -0.2) is 36.6 Å². The number of nitrogens with zero attached hydrogens (tertiary/aromatic N) is 2. The number of carbonyl (C=O) groups is 1. The summed E-state index contributed by atoms with van der Waals surface area (Å²) >= 11 is 0. The van der Waals surface area contributed by atoms with Crippen molar-refractivity contribution in [3.8, 4) is 28.7 Å². The molecule has 0 bridgehead atoms. The molecule has 2 fully saturated rings. The van der Waals surface area contributed by atoms with Crippen LogP contribution in [-0.2, 0) is 9.53 Å². The first-order chi connectivity index (χ1) is 18.3. The van der Waals surface area contributed by atoms with Crippen LogP contribution in [0, 0.1) is 17.2 Å². The van der Waals surface area contributed by atoms with E-state index in [0.717, 1.165) is 29.5 Å². The Labute approximate surface area is 217 Å². The molecule has 1 aromatic heterocycles. The van der Waals surface area contributed by atoms with Crippen molar-refractivity contribution in [1.82, 2.24) is 4.98 Å². The van der Waals surface area contributed by atoms with Gasteiger partial charge in [-0.25, -0.2) is 4.98 Å². The Hall–Kier alpha value is -4.10. The fraction of sp³-hybridized carbons (Fsp3) is 0.321. The van der Waals surface area contributed by atoms with Crippen molar-refractivity contribution in [2.45, 2.75) is 37.6 Å². The first-order valence-electron chi connectivity index (χ1n) is 12.2. The number of alkyl halides is 3. The van der Waals surface area contributed by atoms with Crippen molar-refractivity contribution in [2.75, 3.05) is 18.5 Å². The van der Waals surface area contributed by atoms with Gasteiger partial charge < -0.3 is 19.5 Å². The molecule has 1 saturated heterocycles. The molecule has 196 valence electrons. The van der Waals surface area contributed by atoms with E-state index >= 15 is 0 Å². The molecular weight excluding hydrogens is 499 g/mol. The SMILES string of the molecule is N#Cc1cc(-c2ccnc(NC(=O)[C@@H]3C[C@H]3c3ccc(OC(F)(F)F)cc3)c2)ccc1OC1CCOCC1. The molecule has 10 heteroatoms. The maximum absolute atomic E-state index is 12.8. The third kappa shape index (κ3) is 6.23. The number of ether oxygens (including phenoxy) is 3. The Morgan fingerprint density at radius 1 is 1.05 bits per heavy atom. The lowest BCUT2D eigenvalue weighted by molar-refractivity contribution is -0.274. The van der Waals surface area contributed by atoms with Gasteiger partial charge in [-0.15, -0.1) is 13.2 Å². The molecular formula is C28H24F3N3O4. The Bertz CT molecular complexity index is 1350. The van der Waals surface area contributed by atoms with Gasteiger partial charge in [0.1, 0.15) is 29.5 Å². The van der Waals surface area contributed by atoms with Crippen molar-refractivity contribution >= 4 is 11.7 Å². The van der Waals surface area contributed by atoms with Crippen LogP contribution in [0.1, 0.15) is 36.3 Å². The highest BCUT2D eigenvalue weighted by Crippen LogP contribution is 2.48. The van der Waals surface area contributed by atoms with Gasteiger partial charge in [-0.2, -0.15) is 5.26 Å². The number of hydrogen-bond donors (Lipinski definition) is 1. The summed E-state index contributed by atoms with van der Waals surface area (Å²) in [4.78, 5) is 17.0. The molecule has 0 spiro atoms. The number of nitriles is 1. The van der Waals surface area contributed by atoms with Gasteiger partial charge in [-0.1, -0.05) is 18.2 Å². The zero-order valence-corrected chi connectivity index (χ0v) is 20.2. The number of anilines is 1. The number of halogens is 3. The summed E-state index contributed by atoms with van der Waals surface area (Å²) in [7, 11) is 0. The number of aromatic nitrogens is 1. The van der Waals surface area contributed by atoms with E-state index in [0.29, 0.717) is 36.8 Å². The van der Waals surface area contributed by atoms with E-state index in [1.807, 2.05) is 6.07 Å². The van der Waals surface area contributed by atoms with Crippen LogP contribution >= 0.6 is 0 Å². The van der Waals surface area contributed by atoms with Crippen molar-refractivity contribution in [2.24, 2.45) is 5.92 Å². The van der Waals surface area contributed by atoms with Crippen molar-refractivity contribution < 1.29 is 32.2 Å². The molecule has 3 aromatic rings. The first-order valence-corrected chi connectivity index (χ1v) is 12.2. The monoisotopic (exact) mass is 523 g/mol. The molecule has 1 N–H and O–H groups in total. The van der Waals surface area contributed by atoms with Crippen molar-refractivity contribution in [3.05, 3.63) is 71.9 Å². The molecule has 0 unspecified atom stereocenters. The highest BCUT2D eigenvalue weighted by atomic mass is 19.4. The molecule has 0 radical (unpaired) electrons. The second kappa shape index (κ2) is 10.7. The predicted molar refractivity (Wildman–Crippen MR) is 131 cm³/mol. The number of hydrogen-bond acceptors (Lipinski definition) is 6. The molecule has 2 aromatic carbocycles. The van der Waals surface area contributed by atoms with E-state index in [-0.39, 0.29) is 29.6 Å². The summed E-state index contributed by atoms with van der Waals surface area (Å²) in [5, 5.41) is 12.5. The largest absolute Gasteiger partial charge is 0.573 e. The maximum atomic E-state index is 12.8. The summed E-state index contributed by atoms with van der Waals surface area (Å²) in [5.41, 5.74) is 2.75. The van der Waals surface area contributed by atoms with Gasteiger partial charge >= 0.3 is 6.36 Å². The predicted octanol–water partition coefficient (Wildman–Crippen LogP) is 5.82. The number of rotatable bonds is 7. The lowest BCUT2D eigenvalue weighted by atomic mass is 10.0. The Balaban J connectivity index is 1.22. The number of amides is 1. The molecule has 2 aliphatic rings. The van der Waals surface area contributed by atoms with E-state index in [4.69, 9.17) is 9.47 Å². The average Bonchev–Trinajstić information content (AvgIpc) is 3.71. The smallest absolute Gasteiger partial charge is 0.489 e. The van der Waals surface area contributed by atoms with Gasteiger partial charge in [0.25, 0.3) is 0 Å². The molecule has 2 atom stereocenters. The van der Waals surface area contributed by atoms with E-state index in [9.17, 15) is 23.2 Å². The van der Waals surface area contributed by atoms with Crippen LogP contribution in [0.25, 0.3) is 11.1 Å². The number of benzene rings is 2. The Morgan fingerprint density at radius 3 is 2.50 bits per heavy atom. The van der Waals surface area contributed by atoms with Crippen LogP contribution in [0.2, 0.25) is 0 Å². The van der Waals surface area contributed by atoms with Gasteiger partial charge in [0.05, 0.1) is 18.8 Å². The van der Waals surface area contributed by atoms with Gasteiger partial charge in [-0.3, -0.25) is 4.79 Å². The summed E-state index contributed by atoms with van der Waals surface area (Å²) in [6.45, 7) is 1.28. The van der Waals surface area contributed by atoms with Crippen LogP contribution < -0.4 is 14.8 Å². The van der Waals surface area contributed by atoms with Crippen LogP contribution in [0.4, 0.5) is 19.0 Å². The quantitative estimate of drug-likeness (QED) is 0.420. The third-order valence-electron chi connectivity index (χ3n) is 6.58. The normalized spacial score (nSPS) is 19.3. The summed E-state index contributed by atoms with van der Waals surface area (Å²) in [6, 6.07) is 16.7. The zero-order chi connectivity index (χ0) is 26.7. The molecule has 1 saturated carbocycles. The maximum Gasteiger partial charge on any atom is 0.573 e. The molecule has 1 aliphatic heterocycles. The fourth-order valence-electron chi connectivity index (χ4n) is 4.54. The highest BCUT2D eigenvalue weighted by Gasteiger charge is 2.44. The molecule has 38 heavy (non-hydrogen) atoms. The van der Waals surface area contributed by atoms with Crippen LogP contribution in [0.5, 0.6) is 11.5 Å². The van der Waals surface area contributed by atoms with E-state index < -0.39 is 6.36 Å². The highest BCUT2D eigenvalue weighted by molar-refractivity contribution is 5.95. The molecule has 5 rings (SSSR count). The van der Waals surface area contributed by atoms with Crippen LogP contribution in [0.15, 0.2) is 60.8 Å². The van der Waals surface area contributed by atoms with Gasteiger partial charge in [0.15, 0.2) is 0 Å². The van der Waals surface area contributed by atoms with Crippen molar-refractivity contribution in [1.29, 1.82) is 5.26 Å². The lowest BCUT2D eigenvalue weighted by Crippen LogP contribution is -2.26. The summed E-state index contributed by atoms with van der Waals surface area (Å²) in [5.74, 6) is -0.00213. The average molecular weight is 524 g/mol. The summed E-state index contributed by atoms with van der Waals surface area (Å²) in [6.07, 6.45) is -1.01. The minimum atomic E-state index is -4.75. The Kier molecular flexibility index (Phi) is 7.20. The molecule has 2 heterocycles.